The number of amides is 1. The fourth-order valence-corrected chi connectivity index (χ4v) is 1.62. The summed E-state index contributed by atoms with van der Waals surface area (Å²) in [5.74, 6) is 0.479. The third-order valence-corrected chi connectivity index (χ3v) is 2.47. The number of nitrogens with two attached hydrogens (primary N) is 2. The summed E-state index contributed by atoms with van der Waals surface area (Å²) in [5.41, 5.74) is 12.3. The van der Waals surface area contributed by atoms with Gasteiger partial charge in [-0.15, -0.1) is 0 Å². The third kappa shape index (κ3) is 2.27. The van der Waals surface area contributed by atoms with Crippen LogP contribution in [0.3, 0.4) is 0 Å². The number of hydrogen-bond acceptors (Lipinski definition) is 4. The molecule has 18 heavy (non-hydrogen) atoms. The van der Waals surface area contributed by atoms with Crippen LogP contribution in [0, 0.1) is 6.92 Å². The number of nitrogens with zero attached hydrogens (tertiary/aromatic N) is 2. The van der Waals surface area contributed by atoms with E-state index in [9.17, 15) is 4.79 Å². The van der Waals surface area contributed by atoms with E-state index in [-0.39, 0.29) is 5.56 Å². The minimum Gasteiger partial charge on any atom is -0.439 e. The van der Waals surface area contributed by atoms with Crippen molar-refractivity contribution in [3.63, 3.8) is 0 Å². The Morgan fingerprint density at radius 1 is 1.39 bits per heavy atom. The van der Waals surface area contributed by atoms with Crippen LogP contribution in [-0.2, 0) is 7.05 Å². The number of carbonyl (C=O) groups is 1. The largest absolute Gasteiger partial charge is 0.439 e. The topological polar surface area (TPSA) is 96.2 Å². The molecule has 0 fully saturated rings. The molecule has 0 aliphatic heterocycles. The number of aromatic nitrogens is 2. The maximum atomic E-state index is 11.2. The number of rotatable bonds is 3. The van der Waals surface area contributed by atoms with E-state index in [1.54, 1.807) is 29.9 Å². The van der Waals surface area contributed by atoms with Crippen molar-refractivity contribution in [3.8, 4) is 11.6 Å². The molecule has 0 unspecified atom stereocenters. The van der Waals surface area contributed by atoms with Crippen molar-refractivity contribution in [3.05, 3.63) is 35.5 Å². The molecule has 6 heteroatoms. The summed E-state index contributed by atoms with van der Waals surface area (Å²) < 4.78 is 7.22. The lowest BCUT2D eigenvalue weighted by molar-refractivity contribution is 0.100. The second-order valence-corrected chi connectivity index (χ2v) is 3.96. The van der Waals surface area contributed by atoms with Gasteiger partial charge in [0.2, 0.25) is 5.88 Å². The average Bonchev–Trinajstić information content (AvgIpc) is 2.60. The minimum atomic E-state index is -0.584. The first-order chi connectivity index (χ1) is 8.47. The Balaban J connectivity index is 2.32. The lowest BCUT2D eigenvalue weighted by Crippen LogP contribution is -2.13. The van der Waals surface area contributed by atoms with Gasteiger partial charge >= 0.3 is 0 Å². The van der Waals surface area contributed by atoms with E-state index in [1.165, 1.54) is 6.07 Å². The number of anilines is 1. The van der Waals surface area contributed by atoms with Crippen molar-refractivity contribution in [1.29, 1.82) is 0 Å². The zero-order valence-corrected chi connectivity index (χ0v) is 10.2. The normalized spacial score (nSPS) is 10.3. The van der Waals surface area contributed by atoms with Gasteiger partial charge in [0.1, 0.15) is 5.75 Å². The van der Waals surface area contributed by atoms with Crippen LogP contribution in [0.25, 0.3) is 0 Å². The molecule has 1 aromatic carbocycles. The zero-order valence-electron chi connectivity index (χ0n) is 10.2. The molecule has 0 saturated carbocycles. The molecule has 0 bridgehead atoms. The van der Waals surface area contributed by atoms with E-state index < -0.39 is 5.91 Å². The Hall–Kier alpha value is -2.50. The van der Waals surface area contributed by atoms with Crippen LogP contribution < -0.4 is 16.2 Å². The van der Waals surface area contributed by atoms with E-state index in [0.717, 1.165) is 5.69 Å². The minimum absolute atomic E-state index is 0.242. The maximum Gasteiger partial charge on any atom is 0.250 e. The van der Waals surface area contributed by atoms with Gasteiger partial charge in [0.05, 0.1) is 11.3 Å². The van der Waals surface area contributed by atoms with E-state index >= 15 is 0 Å². The molecule has 6 nitrogen and oxygen atoms in total. The van der Waals surface area contributed by atoms with Gasteiger partial charge < -0.3 is 16.2 Å². The molecular weight excluding hydrogens is 232 g/mol. The number of hydrogen-bond donors (Lipinski definition) is 2. The predicted molar refractivity (Wildman–Crippen MR) is 67.4 cm³/mol. The van der Waals surface area contributed by atoms with Crippen LogP contribution in [0.4, 0.5) is 5.69 Å². The van der Waals surface area contributed by atoms with Gasteiger partial charge in [-0.25, -0.2) is 4.68 Å². The summed E-state index contributed by atoms with van der Waals surface area (Å²) in [6.45, 7) is 1.87. The first-order valence-corrected chi connectivity index (χ1v) is 5.35. The van der Waals surface area contributed by atoms with Crippen molar-refractivity contribution < 1.29 is 9.53 Å². The number of aryl methyl sites for hydroxylation is 2. The zero-order chi connectivity index (χ0) is 13.3. The molecule has 0 aliphatic rings. The molecular formula is C12H14N4O2. The van der Waals surface area contributed by atoms with E-state index in [0.29, 0.717) is 17.3 Å². The van der Waals surface area contributed by atoms with Crippen LogP contribution in [0.5, 0.6) is 11.6 Å². The first kappa shape index (κ1) is 12.0. The number of nitrogen functional groups attached to an aromatic ring is 1. The van der Waals surface area contributed by atoms with E-state index in [4.69, 9.17) is 16.2 Å². The number of benzene rings is 1. The second-order valence-electron chi connectivity index (χ2n) is 3.96. The summed E-state index contributed by atoms with van der Waals surface area (Å²) in [6.07, 6.45) is 0. The number of primary amides is 1. The fourth-order valence-electron chi connectivity index (χ4n) is 1.62. The summed E-state index contributed by atoms with van der Waals surface area (Å²) in [4.78, 5) is 11.2. The monoisotopic (exact) mass is 246 g/mol. The Morgan fingerprint density at radius 3 is 2.67 bits per heavy atom. The lowest BCUT2D eigenvalue weighted by atomic mass is 10.1. The average molecular weight is 246 g/mol. The fraction of sp³-hybridized carbons (Fsp3) is 0.167. The van der Waals surface area contributed by atoms with Gasteiger partial charge in [0, 0.05) is 18.8 Å². The molecule has 1 heterocycles. The highest BCUT2D eigenvalue weighted by molar-refractivity contribution is 5.98. The van der Waals surface area contributed by atoms with Crippen molar-refractivity contribution in [2.45, 2.75) is 6.92 Å². The molecule has 1 aromatic heterocycles. The van der Waals surface area contributed by atoms with Crippen molar-refractivity contribution >= 4 is 11.6 Å². The Kier molecular flexibility index (Phi) is 2.93. The molecule has 0 atom stereocenters. The van der Waals surface area contributed by atoms with Gasteiger partial charge in [-0.3, -0.25) is 4.79 Å². The SMILES string of the molecule is Cc1cc(Oc2ccc(N)c(C(N)=O)c2)n(C)n1. The summed E-state index contributed by atoms with van der Waals surface area (Å²) in [7, 11) is 1.77. The van der Waals surface area contributed by atoms with Crippen LogP contribution in [0.1, 0.15) is 16.1 Å². The highest BCUT2D eigenvalue weighted by Crippen LogP contribution is 2.25. The lowest BCUT2D eigenvalue weighted by Gasteiger charge is -2.07. The molecule has 0 aliphatic carbocycles. The summed E-state index contributed by atoms with van der Waals surface area (Å²) in [6, 6.07) is 6.56. The van der Waals surface area contributed by atoms with Crippen molar-refractivity contribution in [1.82, 2.24) is 9.78 Å². The highest BCUT2D eigenvalue weighted by Gasteiger charge is 2.09. The van der Waals surface area contributed by atoms with Gasteiger partial charge in [-0.2, -0.15) is 5.10 Å². The van der Waals surface area contributed by atoms with Crippen molar-refractivity contribution in [2.24, 2.45) is 12.8 Å². The third-order valence-electron chi connectivity index (χ3n) is 2.47. The number of ether oxygens (including phenoxy) is 1. The molecule has 1 amide bonds. The van der Waals surface area contributed by atoms with Crippen LogP contribution in [-0.4, -0.2) is 15.7 Å². The quantitative estimate of drug-likeness (QED) is 0.795. The molecule has 2 rings (SSSR count). The molecule has 94 valence electrons. The molecule has 4 N–H and O–H groups in total. The standard InChI is InChI=1S/C12H14N4O2/c1-7-5-11(16(2)15-7)18-8-3-4-10(13)9(6-8)12(14)17/h3-6H,13H2,1-2H3,(H2,14,17). The maximum absolute atomic E-state index is 11.2. The second kappa shape index (κ2) is 4.40. The van der Waals surface area contributed by atoms with Gasteiger partial charge in [0.25, 0.3) is 5.91 Å². The molecule has 0 radical (unpaired) electrons. The van der Waals surface area contributed by atoms with Gasteiger partial charge in [-0.05, 0) is 25.1 Å². The van der Waals surface area contributed by atoms with Gasteiger partial charge in [0.15, 0.2) is 0 Å². The summed E-state index contributed by atoms with van der Waals surface area (Å²) in [5, 5.41) is 4.16. The molecule has 2 aromatic rings. The first-order valence-electron chi connectivity index (χ1n) is 5.35. The molecule has 0 spiro atoms. The highest BCUT2D eigenvalue weighted by atomic mass is 16.5. The van der Waals surface area contributed by atoms with Crippen LogP contribution in [0.15, 0.2) is 24.3 Å². The number of carbonyl (C=O) groups excluding carboxylic acids is 1. The van der Waals surface area contributed by atoms with Gasteiger partial charge in [-0.1, -0.05) is 0 Å². The Morgan fingerprint density at radius 2 is 2.11 bits per heavy atom. The van der Waals surface area contributed by atoms with Crippen LogP contribution >= 0.6 is 0 Å². The smallest absolute Gasteiger partial charge is 0.250 e. The van der Waals surface area contributed by atoms with Crippen molar-refractivity contribution in [2.75, 3.05) is 5.73 Å². The predicted octanol–water partition coefficient (Wildman–Crippen LogP) is 1.20. The Bertz CT molecular complexity index is 604. The van der Waals surface area contributed by atoms with Crippen LogP contribution in [0.2, 0.25) is 0 Å². The Labute approximate surface area is 104 Å². The summed E-state index contributed by atoms with van der Waals surface area (Å²) >= 11 is 0. The van der Waals surface area contributed by atoms with E-state index in [1.807, 2.05) is 6.92 Å². The van der Waals surface area contributed by atoms with E-state index in [2.05, 4.69) is 5.10 Å². The molecule has 0 saturated heterocycles.